The molecule has 0 bridgehead atoms. The van der Waals surface area contributed by atoms with E-state index in [-0.39, 0.29) is 18.5 Å². The smallest absolute Gasteiger partial charge is 0.381 e. The first-order chi connectivity index (χ1) is 11.9. The lowest BCUT2D eigenvalue weighted by Crippen LogP contribution is -2.38. The summed E-state index contributed by atoms with van der Waals surface area (Å²) in [4.78, 5) is 2.37. The number of halogens is 3. The molecule has 2 saturated heterocycles. The summed E-state index contributed by atoms with van der Waals surface area (Å²) >= 11 is 0. The van der Waals surface area contributed by atoms with E-state index in [0.29, 0.717) is 11.7 Å². The van der Waals surface area contributed by atoms with Crippen LogP contribution in [0.1, 0.15) is 50.4 Å². The lowest BCUT2D eigenvalue weighted by molar-refractivity contribution is -0.173. The van der Waals surface area contributed by atoms with Gasteiger partial charge in [-0.15, -0.1) is 0 Å². The zero-order valence-corrected chi connectivity index (χ0v) is 14.4. The van der Waals surface area contributed by atoms with E-state index in [4.69, 9.17) is 4.74 Å². The van der Waals surface area contributed by atoms with Crippen molar-refractivity contribution in [2.24, 2.45) is 5.92 Å². The summed E-state index contributed by atoms with van der Waals surface area (Å²) in [6, 6.07) is 0.192. The van der Waals surface area contributed by atoms with Crippen LogP contribution in [-0.2, 0) is 4.74 Å². The molecule has 25 heavy (non-hydrogen) atoms. The van der Waals surface area contributed by atoms with Crippen LogP contribution >= 0.6 is 0 Å². The van der Waals surface area contributed by atoms with E-state index in [1.165, 1.54) is 0 Å². The highest BCUT2D eigenvalue weighted by molar-refractivity contribution is 5.41. The number of hydrogen-bond acceptors (Lipinski definition) is 4. The van der Waals surface area contributed by atoms with Gasteiger partial charge in [-0.2, -0.15) is 18.3 Å². The Hall–Kier alpha value is -1.28. The Morgan fingerprint density at radius 3 is 2.92 bits per heavy atom. The van der Waals surface area contributed by atoms with E-state index in [1.54, 1.807) is 6.92 Å². The van der Waals surface area contributed by atoms with E-state index < -0.39 is 12.2 Å². The molecule has 4 rings (SSSR count). The summed E-state index contributed by atoms with van der Waals surface area (Å²) in [5.74, 6) is 1.02. The number of nitrogens with zero attached hydrogens (tertiary/aromatic N) is 3. The Morgan fingerprint density at radius 1 is 1.36 bits per heavy atom. The van der Waals surface area contributed by atoms with E-state index in [2.05, 4.69) is 15.3 Å². The van der Waals surface area contributed by atoms with Gasteiger partial charge in [0.1, 0.15) is 5.82 Å². The molecule has 0 aromatic carbocycles. The summed E-state index contributed by atoms with van der Waals surface area (Å²) < 4.78 is 46.9. The fourth-order valence-electron chi connectivity index (χ4n) is 4.38. The second-order valence-electron chi connectivity index (χ2n) is 7.62. The largest absolute Gasteiger partial charge is 0.410 e. The minimum Gasteiger partial charge on any atom is -0.381 e. The monoisotopic (exact) mass is 358 g/mol. The van der Waals surface area contributed by atoms with Gasteiger partial charge < -0.3 is 10.1 Å². The number of hydrogen-bond donors (Lipinski definition) is 1. The molecule has 1 aromatic heterocycles. The van der Waals surface area contributed by atoms with Crippen molar-refractivity contribution < 1.29 is 17.9 Å². The maximum Gasteiger partial charge on any atom is 0.410 e. The number of anilines is 1. The second kappa shape index (κ2) is 6.46. The van der Waals surface area contributed by atoms with Crippen molar-refractivity contribution in [2.45, 2.75) is 56.9 Å². The number of fused-ring (bicyclic) bond motifs is 1. The molecule has 0 spiro atoms. The highest BCUT2D eigenvalue weighted by atomic mass is 19.4. The van der Waals surface area contributed by atoms with Crippen LogP contribution in [0.3, 0.4) is 0 Å². The number of ether oxygens (including phenoxy) is 1. The molecule has 4 atom stereocenters. The van der Waals surface area contributed by atoms with Crippen LogP contribution in [0, 0.1) is 5.92 Å². The van der Waals surface area contributed by atoms with Gasteiger partial charge in [0.25, 0.3) is 0 Å². The zero-order valence-electron chi connectivity index (χ0n) is 14.4. The molecule has 3 aliphatic rings. The molecule has 2 fully saturated rings. The standard InChI is InChI=1S/C17H25F3N4O/c1-11-7-15(17(18,19)20)24-16(21-11)8-13(22-24)14-3-2-5-23(14)9-12-4-6-25-10-12/h8,11-12,14-15,21H,2-7,9-10H2,1H3/t11-,12+,14+,15-/m1/s1. The van der Waals surface area contributed by atoms with Gasteiger partial charge in [-0.25, -0.2) is 4.68 Å². The third kappa shape index (κ3) is 3.38. The van der Waals surface area contributed by atoms with Crippen molar-refractivity contribution in [3.63, 3.8) is 0 Å². The van der Waals surface area contributed by atoms with Gasteiger partial charge in [0.05, 0.1) is 18.3 Å². The predicted molar refractivity (Wildman–Crippen MR) is 87.5 cm³/mol. The third-order valence-corrected chi connectivity index (χ3v) is 5.62. The fourth-order valence-corrected chi connectivity index (χ4v) is 4.38. The SMILES string of the molecule is C[C@@H]1C[C@H](C(F)(F)F)n2nc([C@@H]3CCCN3C[C@@H]3CCOC3)cc2N1. The van der Waals surface area contributed by atoms with Gasteiger partial charge in [0.2, 0.25) is 0 Å². The number of aromatic nitrogens is 2. The summed E-state index contributed by atoms with van der Waals surface area (Å²) in [6.07, 6.45) is -1.17. The van der Waals surface area contributed by atoms with E-state index in [0.717, 1.165) is 55.9 Å². The van der Waals surface area contributed by atoms with Crippen molar-refractivity contribution in [1.82, 2.24) is 14.7 Å². The van der Waals surface area contributed by atoms with Gasteiger partial charge in [-0.1, -0.05) is 0 Å². The first kappa shape index (κ1) is 17.1. The number of alkyl halides is 3. The lowest BCUT2D eigenvalue weighted by atomic mass is 10.1. The molecule has 140 valence electrons. The number of likely N-dealkylation sites (tertiary alicyclic amines) is 1. The second-order valence-corrected chi connectivity index (χ2v) is 7.62. The molecule has 3 aliphatic heterocycles. The first-order valence-corrected chi connectivity index (χ1v) is 9.16. The minimum atomic E-state index is -4.27. The van der Waals surface area contributed by atoms with Gasteiger partial charge in [0.15, 0.2) is 6.04 Å². The van der Waals surface area contributed by atoms with Crippen molar-refractivity contribution in [3.05, 3.63) is 11.8 Å². The van der Waals surface area contributed by atoms with Crippen LogP contribution in [0.5, 0.6) is 0 Å². The molecule has 0 saturated carbocycles. The molecule has 8 heteroatoms. The summed E-state index contributed by atoms with van der Waals surface area (Å²) in [5, 5.41) is 7.56. The fraction of sp³-hybridized carbons (Fsp3) is 0.824. The summed E-state index contributed by atoms with van der Waals surface area (Å²) in [7, 11) is 0. The Bertz CT molecular complexity index is 612. The van der Waals surface area contributed by atoms with E-state index >= 15 is 0 Å². The Kier molecular flexibility index (Phi) is 4.43. The zero-order chi connectivity index (χ0) is 17.6. The van der Waals surface area contributed by atoms with E-state index in [9.17, 15) is 13.2 Å². The highest BCUT2D eigenvalue weighted by Crippen LogP contribution is 2.41. The summed E-state index contributed by atoms with van der Waals surface area (Å²) in [5.41, 5.74) is 0.766. The van der Waals surface area contributed by atoms with Crippen molar-refractivity contribution in [3.8, 4) is 0 Å². The van der Waals surface area contributed by atoms with Gasteiger partial charge in [-0.05, 0) is 45.1 Å². The van der Waals surface area contributed by atoms with Crippen LogP contribution in [0.25, 0.3) is 0 Å². The van der Waals surface area contributed by atoms with Crippen LogP contribution in [0.2, 0.25) is 0 Å². The molecule has 0 radical (unpaired) electrons. The number of rotatable bonds is 3. The van der Waals surface area contributed by atoms with Crippen molar-refractivity contribution >= 4 is 5.82 Å². The Labute approximate surface area is 145 Å². The topological polar surface area (TPSA) is 42.3 Å². The van der Waals surface area contributed by atoms with Gasteiger partial charge in [-0.3, -0.25) is 4.90 Å². The molecular formula is C17H25F3N4O. The first-order valence-electron chi connectivity index (χ1n) is 9.16. The average molecular weight is 358 g/mol. The van der Waals surface area contributed by atoms with Crippen LogP contribution in [0.15, 0.2) is 6.07 Å². The molecule has 5 nitrogen and oxygen atoms in total. The highest BCUT2D eigenvalue weighted by Gasteiger charge is 2.46. The van der Waals surface area contributed by atoms with Crippen molar-refractivity contribution in [2.75, 3.05) is 31.6 Å². The quantitative estimate of drug-likeness (QED) is 0.900. The molecular weight excluding hydrogens is 333 g/mol. The maximum atomic E-state index is 13.4. The minimum absolute atomic E-state index is 0.0193. The van der Waals surface area contributed by atoms with Crippen LogP contribution < -0.4 is 5.32 Å². The summed E-state index contributed by atoms with van der Waals surface area (Å²) in [6.45, 7) is 5.32. The van der Waals surface area contributed by atoms with Crippen LogP contribution in [-0.4, -0.2) is 53.2 Å². The molecule has 1 N–H and O–H groups in total. The van der Waals surface area contributed by atoms with Crippen LogP contribution in [0.4, 0.5) is 19.0 Å². The van der Waals surface area contributed by atoms with Gasteiger partial charge in [0, 0.05) is 25.3 Å². The predicted octanol–water partition coefficient (Wildman–Crippen LogP) is 3.36. The van der Waals surface area contributed by atoms with E-state index in [1.807, 2.05) is 6.07 Å². The number of nitrogens with one attached hydrogen (secondary N) is 1. The molecule has 1 aromatic rings. The Morgan fingerprint density at radius 2 is 2.20 bits per heavy atom. The molecule has 4 heterocycles. The third-order valence-electron chi connectivity index (χ3n) is 5.62. The maximum absolute atomic E-state index is 13.4. The molecule has 0 unspecified atom stereocenters. The average Bonchev–Trinajstić information content (AvgIpc) is 3.25. The normalized spacial score (nSPS) is 33.4. The van der Waals surface area contributed by atoms with Crippen molar-refractivity contribution in [1.29, 1.82) is 0 Å². The Balaban J connectivity index is 1.56. The molecule has 0 amide bonds. The molecule has 0 aliphatic carbocycles. The lowest BCUT2D eigenvalue weighted by Gasteiger charge is -2.31. The van der Waals surface area contributed by atoms with Gasteiger partial charge >= 0.3 is 6.18 Å².